The maximum absolute atomic E-state index is 11.6. The number of rotatable bonds is 6. The zero-order chi connectivity index (χ0) is 22.5. The number of benzene rings is 3. The fraction of sp³-hybridized carbons (Fsp3) is 0.111. The molecule has 0 N–H and O–H groups in total. The van der Waals surface area contributed by atoms with Crippen LogP contribution in [0.3, 0.4) is 0 Å². The number of hydrogen-bond acceptors (Lipinski definition) is 4. The Labute approximate surface area is 190 Å². The van der Waals surface area contributed by atoms with Crippen molar-refractivity contribution in [1.82, 2.24) is 4.98 Å². The summed E-state index contributed by atoms with van der Waals surface area (Å²) in [4.78, 5) is 9.38. The first kappa shape index (κ1) is 21.7. The number of hydrogen-bond donors (Lipinski definition) is 1. The third-order valence-corrected chi connectivity index (χ3v) is 6.51. The van der Waals surface area contributed by atoms with Crippen LogP contribution in [0.1, 0.15) is 22.3 Å². The summed E-state index contributed by atoms with van der Waals surface area (Å²) >= 11 is 0. The molecule has 3 aromatic carbocycles. The lowest BCUT2D eigenvalue weighted by molar-refractivity contribution is 0.614. The van der Waals surface area contributed by atoms with Crippen molar-refractivity contribution in [1.29, 1.82) is 0 Å². The highest BCUT2D eigenvalue weighted by atomic mass is 32.2. The molecule has 160 valence electrons. The molecule has 4 nitrogen and oxygen atoms in total. The lowest BCUT2D eigenvalue weighted by Crippen LogP contribution is -2.07. The predicted octanol–water partition coefficient (Wildman–Crippen LogP) is 5.70. The van der Waals surface area contributed by atoms with Gasteiger partial charge in [0.05, 0.1) is 16.3 Å². The molecule has 0 saturated carbocycles. The highest BCUT2D eigenvalue weighted by Gasteiger charge is 2.12. The van der Waals surface area contributed by atoms with Gasteiger partial charge >= 0.3 is 0 Å². The monoisotopic (exact) mass is 440 g/mol. The van der Waals surface area contributed by atoms with Gasteiger partial charge in [-0.25, -0.2) is 8.42 Å². The van der Waals surface area contributed by atoms with Crippen LogP contribution in [0.25, 0.3) is 11.1 Å². The molecule has 0 radical (unpaired) electrons. The SMILES string of the molecule is Cc1c(C/C(=N\c2cccc([SH](=O)=O)c2C)c2ccccc2)cccc1-c1ccncc1. The topological polar surface area (TPSA) is 59.4 Å². The fourth-order valence-electron chi connectivity index (χ4n) is 3.81. The normalized spacial score (nSPS) is 11.7. The molecule has 0 aliphatic rings. The van der Waals surface area contributed by atoms with Crippen LogP contribution in [0.15, 0.2) is 101 Å². The summed E-state index contributed by atoms with van der Waals surface area (Å²) in [7, 11) is -2.67. The first-order valence-corrected chi connectivity index (χ1v) is 11.6. The van der Waals surface area contributed by atoms with Gasteiger partial charge in [-0.05, 0) is 71.5 Å². The minimum Gasteiger partial charge on any atom is -0.265 e. The molecule has 0 spiro atoms. The number of aliphatic imine (C=N–C) groups is 1. The van der Waals surface area contributed by atoms with E-state index in [1.165, 1.54) is 16.7 Å². The van der Waals surface area contributed by atoms with E-state index in [0.717, 1.165) is 16.8 Å². The van der Waals surface area contributed by atoms with E-state index in [1.807, 2.05) is 48.5 Å². The van der Waals surface area contributed by atoms with Gasteiger partial charge in [0.2, 0.25) is 0 Å². The third-order valence-electron chi connectivity index (χ3n) is 5.63. The van der Waals surface area contributed by atoms with E-state index < -0.39 is 10.7 Å². The summed E-state index contributed by atoms with van der Waals surface area (Å²) < 4.78 is 23.2. The average molecular weight is 441 g/mol. The van der Waals surface area contributed by atoms with Crippen LogP contribution in [-0.2, 0) is 17.1 Å². The van der Waals surface area contributed by atoms with E-state index in [1.54, 1.807) is 31.5 Å². The smallest absolute Gasteiger partial charge is 0.168 e. The Morgan fingerprint density at radius 1 is 0.812 bits per heavy atom. The van der Waals surface area contributed by atoms with E-state index in [-0.39, 0.29) is 0 Å². The van der Waals surface area contributed by atoms with Crippen LogP contribution < -0.4 is 0 Å². The van der Waals surface area contributed by atoms with Gasteiger partial charge in [0.1, 0.15) is 0 Å². The molecule has 5 heteroatoms. The second kappa shape index (κ2) is 9.71. The van der Waals surface area contributed by atoms with Crippen LogP contribution in [0, 0.1) is 13.8 Å². The molecule has 0 aliphatic heterocycles. The third kappa shape index (κ3) is 4.68. The number of pyridine rings is 1. The van der Waals surface area contributed by atoms with Crippen molar-refractivity contribution in [2.24, 2.45) is 4.99 Å². The highest BCUT2D eigenvalue weighted by Crippen LogP contribution is 2.28. The standard InChI is InChI=1S/C27H24N2O2S/c1-19-23(10-6-11-24(19)21-14-16-28-17-15-21)18-26(22-8-4-3-5-9-22)29-25-12-7-13-27(20(25)2)32(30)31/h3-17,32H,18H2,1-2H3/b29-26+. The molecule has 1 heterocycles. The molecule has 0 amide bonds. The van der Waals surface area contributed by atoms with Gasteiger partial charge in [-0.3, -0.25) is 9.98 Å². The summed E-state index contributed by atoms with van der Waals surface area (Å²) in [5.74, 6) is 0. The summed E-state index contributed by atoms with van der Waals surface area (Å²) in [5, 5.41) is 0. The fourth-order valence-corrected chi connectivity index (χ4v) is 4.41. The van der Waals surface area contributed by atoms with Gasteiger partial charge in [0.25, 0.3) is 0 Å². The first-order chi connectivity index (χ1) is 15.5. The summed E-state index contributed by atoms with van der Waals surface area (Å²) in [6, 6.07) is 25.6. The van der Waals surface area contributed by atoms with Gasteiger partial charge in [0, 0.05) is 18.8 Å². The average Bonchev–Trinajstić information content (AvgIpc) is 2.82. The summed E-state index contributed by atoms with van der Waals surface area (Å²) in [6.07, 6.45) is 4.23. The Kier molecular flexibility index (Phi) is 6.57. The molecule has 32 heavy (non-hydrogen) atoms. The maximum atomic E-state index is 11.6. The highest BCUT2D eigenvalue weighted by molar-refractivity contribution is 7.72. The molecular weight excluding hydrogens is 416 g/mol. The predicted molar refractivity (Wildman–Crippen MR) is 131 cm³/mol. The molecule has 0 saturated heterocycles. The Bertz CT molecular complexity index is 1340. The quantitative estimate of drug-likeness (QED) is 0.309. The first-order valence-electron chi connectivity index (χ1n) is 10.4. The van der Waals surface area contributed by atoms with Gasteiger partial charge in [-0.2, -0.15) is 0 Å². The van der Waals surface area contributed by atoms with E-state index in [2.05, 4.69) is 30.1 Å². The van der Waals surface area contributed by atoms with Gasteiger partial charge < -0.3 is 0 Å². The van der Waals surface area contributed by atoms with Crippen molar-refractivity contribution in [2.45, 2.75) is 25.2 Å². The summed E-state index contributed by atoms with van der Waals surface area (Å²) in [5.41, 5.74) is 7.89. The van der Waals surface area contributed by atoms with Gasteiger partial charge in [-0.1, -0.05) is 54.6 Å². The lowest BCUT2D eigenvalue weighted by atomic mass is 9.93. The van der Waals surface area contributed by atoms with Crippen molar-refractivity contribution in [2.75, 3.05) is 0 Å². The zero-order valence-electron chi connectivity index (χ0n) is 18.0. The zero-order valence-corrected chi connectivity index (χ0v) is 18.9. The number of nitrogens with zero attached hydrogens (tertiary/aromatic N) is 2. The van der Waals surface area contributed by atoms with Crippen LogP contribution in [0.5, 0.6) is 0 Å². The lowest BCUT2D eigenvalue weighted by Gasteiger charge is -2.14. The van der Waals surface area contributed by atoms with E-state index in [4.69, 9.17) is 4.99 Å². The Hall–Kier alpha value is -3.57. The Morgan fingerprint density at radius 2 is 1.53 bits per heavy atom. The van der Waals surface area contributed by atoms with Crippen LogP contribution in [0.4, 0.5) is 5.69 Å². The number of aromatic nitrogens is 1. The van der Waals surface area contributed by atoms with Crippen molar-refractivity contribution in [3.05, 3.63) is 114 Å². The van der Waals surface area contributed by atoms with E-state index >= 15 is 0 Å². The molecule has 0 bridgehead atoms. The molecule has 4 rings (SSSR count). The molecule has 0 aliphatic carbocycles. The largest absolute Gasteiger partial charge is 0.265 e. The van der Waals surface area contributed by atoms with Gasteiger partial charge in [0.15, 0.2) is 10.7 Å². The van der Waals surface area contributed by atoms with Crippen LogP contribution >= 0.6 is 0 Å². The van der Waals surface area contributed by atoms with Crippen molar-refractivity contribution >= 4 is 22.1 Å². The molecule has 0 unspecified atom stereocenters. The van der Waals surface area contributed by atoms with Crippen molar-refractivity contribution in [3.63, 3.8) is 0 Å². The molecule has 0 atom stereocenters. The minimum atomic E-state index is -2.67. The minimum absolute atomic E-state index is 0.310. The van der Waals surface area contributed by atoms with Gasteiger partial charge in [-0.15, -0.1) is 0 Å². The maximum Gasteiger partial charge on any atom is 0.168 e. The molecule has 4 aromatic rings. The number of thiol groups is 1. The molecule has 1 aromatic heterocycles. The van der Waals surface area contributed by atoms with E-state index in [0.29, 0.717) is 22.6 Å². The second-order valence-electron chi connectivity index (χ2n) is 7.61. The molecular formula is C27H24N2O2S. The molecule has 0 fully saturated rings. The second-order valence-corrected chi connectivity index (χ2v) is 8.60. The van der Waals surface area contributed by atoms with E-state index in [9.17, 15) is 8.42 Å². The van der Waals surface area contributed by atoms with Crippen LogP contribution in [-0.4, -0.2) is 19.1 Å². The van der Waals surface area contributed by atoms with Crippen molar-refractivity contribution < 1.29 is 8.42 Å². The van der Waals surface area contributed by atoms with Crippen molar-refractivity contribution in [3.8, 4) is 11.1 Å². The van der Waals surface area contributed by atoms with Crippen LogP contribution in [0.2, 0.25) is 0 Å². The summed E-state index contributed by atoms with van der Waals surface area (Å²) in [6.45, 7) is 3.93. The Balaban J connectivity index is 1.81. The Morgan fingerprint density at radius 3 is 2.25 bits per heavy atom.